The van der Waals surface area contributed by atoms with Crippen LogP contribution in [0, 0.1) is 6.92 Å². The first kappa shape index (κ1) is 18.8. The highest BCUT2D eigenvalue weighted by atomic mass is 32.2. The van der Waals surface area contributed by atoms with Crippen LogP contribution in [0.3, 0.4) is 0 Å². The standard InChI is InChI=1S/C16H18F3N3O3S/c1-11-20-14(21-25-11)15(2)7-9-22(10-8-15)26(23,24)13-6-4-3-5-12(13)16(17,18)19/h3-6H,7-10H2,1-2H3. The Labute approximate surface area is 149 Å². The zero-order valence-electron chi connectivity index (χ0n) is 14.2. The largest absolute Gasteiger partial charge is 0.417 e. The van der Waals surface area contributed by atoms with Gasteiger partial charge in [0.05, 0.1) is 10.5 Å². The van der Waals surface area contributed by atoms with Crippen molar-refractivity contribution >= 4 is 10.0 Å². The summed E-state index contributed by atoms with van der Waals surface area (Å²) in [5.74, 6) is 0.901. The van der Waals surface area contributed by atoms with E-state index in [9.17, 15) is 21.6 Å². The molecule has 1 aliphatic rings. The topological polar surface area (TPSA) is 76.3 Å². The maximum atomic E-state index is 13.2. The third kappa shape index (κ3) is 3.35. The number of hydrogen-bond acceptors (Lipinski definition) is 5. The van der Waals surface area contributed by atoms with Crippen LogP contribution < -0.4 is 0 Å². The molecule has 6 nitrogen and oxygen atoms in total. The van der Waals surface area contributed by atoms with E-state index in [-0.39, 0.29) is 13.1 Å². The number of aryl methyl sites for hydroxylation is 1. The van der Waals surface area contributed by atoms with Crippen molar-refractivity contribution in [3.05, 3.63) is 41.5 Å². The fraction of sp³-hybridized carbons (Fsp3) is 0.500. The zero-order chi connectivity index (χ0) is 19.2. The molecule has 0 amide bonds. The fourth-order valence-electron chi connectivity index (χ4n) is 3.05. The Balaban J connectivity index is 1.86. The summed E-state index contributed by atoms with van der Waals surface area (Å²) in [6.07, 6.45) is -3.96. The van der Waals surface area contributed by atoms with Crippen molar-refractivity contribution in [2.75, 3.05) is 13.1 Å². The van der Waals surface area contributed by atoms with Crippen LogP contribution in [0.5, 0.6) is 0 Å². The summed E-state index contributed by atoms with van der Waals surface area (Å²) in [5, 5.41) is 3.90. The summed E-state index contributed by atoms with van der Waals surface area (Å²) in [4.78, 5) is 3.49. The van der Waals surface area contributed by atoms with E-state index >= 15 is 0 Å². The molecule has 2 aromatic rings. The van der Waals surface area contributed by atoms with Gasteiger partial charge in [0, 0.05) is 25.4 Å². The lowest BCUT2D eigenvalue weighted by molar-refractivity contribution is -0.139. The van der Waals surface area contributed by atoms with Crippen LogP contribution in [0.15, 0.2) is 33.7 Å². The summed E-state index contributed by atoms with van der Waals surface area (Å²) in [6.45, 7) is 3.72. The molecule has 0 bridgehead atoms. The highest BCUT2D eigenvalue weighted by molar-refractivity contribution is 7.89. The molecule has 2 heterocycles. The third-order valence-electron chi connectivity index (χ3n) is 4.70. The van der Waals surface area contributed by atoms with Gasteiger partial charge in [0.15, 0.2) is 5.82 Å². The molecule has 1 aromatic heterocycles. The van der Waals surface area contributed by atoms with Gasteiger partial charge < -0.3 is 4.52 Å². The molecular formula is C16H18F3N3O3S. The SMILES string of the molecule is Cc1nc(C2(C)CCN(S(=O)(=O)c3ccccc3C(F)(F)F)CC2)no1. The van der Waals surface area contributed by atoms with Crippen molar-refractivity contribution in [3.8, 4) is 0 Å². The minimum atomic E-state index is -4.74. The van der Waals surface area contributed by atoms with Gasteiger partial charge >= 0.3 is 6.18 Å². The van der Waals surface area contributed by atoms with E-state index in [0.717, 1.165) is 16.4 Å². The quantitative estimate of drug-likeness (QED) is 0.806. The summed E-state index contributed by atoms with van der Waals surface area (Å²) in [7, 11) is -4.25. The van der Waals surface area contributed by atoms with E-state index in [4.69, 9.17) is 4.52 Å². The lowest BCUT2D eigenvalue weighted by Crippen LogP contribution is -2.44. The Morgan fingerprint density at radius 3 is 2.35 bits per heavy atom. The van der Waals surface area contributed by atoms with Gasteiger partial charge in [0.25, 0.3) is 0 Å². The summed E-state index contributed by atoms with van der Waals surface area (Å²) in [6, 6.07) is 4.24. The maximum Gasteiger partial charge on any atom is 0.417 e. The smallest absolute Gasteiger partial charge is 0.340 e. The van der Waals surface area contributed by atoms with Crippen LogP contribution in [-0.4, -0.2) is 36.0 Å². The Morgan fingerprint density at radius 2 is 1.81 bits per heavy atom. The van der Waals surface area contributed by atoms with Gasteiger partial charge in [-0.05, 0) is 25.0 Å². The van der Waals surface area contributed by atoms with Crippen LogP contribution in [0.25, 0.3) is 0 Å². The molecule has 26 heavy (non-hydrogen) atoms. The highest BCUT2D eigenvalue weighted by Gasteiger charge is 2.42. The second-order valence-corrected chi connectivity index (χ2v) is 8.50. The van der Waals surface area contributed by atoms with Crippen molar-refractivity contribution in [2.24, 2.45) is 0 Å². The zero-order valence-corrected chi connectivity index (χ0v) is 15.1. The molecule has 0 spiro atoms. The van der Waals surface area contributed by atoms with Crippen LogP contribution in [0.2, 0.25) is 0 Å². The molecule has 1 aromatic carbocycles. The van der Waals surface area contributed by atoms with Crippen LogP contribution in [0.1, 0.15) is 37.0 Å². The van der Waals surface area contributed by atoms with E-state index < -0.39 is 32.1 Å². The molecule has 10 heteroatoms. The minimum absolute atomic E-state index is 0.0820. The van der Waals surface area contributed by atoms with Crippen molar-refractivity contribution in [1.82, 2.24) is 14.4 Å². The number of sulfonamides is 1. The summed E-state index contributed by atoms with van der Waals surface area (Å²) >= 11 is 0. The minimum Gasteiger partial charge on any atom is -0.340 e. The molecular weight excluding hydrogens is 371 g/mol. The van der Waals surface area contributed by atoms with Gasteiger partial charge in [-0.25, -0.2) is 8.42 Å². The van der Waals surface area contributed by atoms with Crippen LogP contribution in [-0.2, 0) is 21.6 Å². The monoisotopic (exact) mass is 389 g/mol. The van der Waals surface area contributed by atoms with Gasteiger partial charge in [-0.1, -0.05) is 24.2 Å². The first-order valence-corrected chi connectivity index (χ1v) is 9.45. The van der Waals surface area contributed by atoms with Gasteiger partial charge in [-0.3, -0.25) is 0 Å². The van der Waals surface area contributed by atoms with Crippen LogP contribution in [0.4, 0.5) is 13.2 Å². The Hall–Kier alpha value is -1.94. The number of halogens is 3. The average Bonchev–Trinajstić information content (AvgIpc) is 3.02. The highest BCUT2D eigenvalue weighted by Crippen LogP contribution is 2.38. The predicted molar refractivity (Wildman–Crippen MR) is 85.8 cm³/mol. The summed E-state index contributed by atoms with van der Waals surface area (Å²) < 4.78 is 71.2. The number of alkyl halides is 3. The van der Waals surface area contributed by atoms with Gasteiger partial charge in [0.1, 0.15) is 0 Å². The Kier molecular flexibility index (Phi) is 4.60. The lowest BCUT2D eigenvalue weighted by Gasteiger charge is -2.36. The number of benzene rings is 1. The van der Waals surface area contributed by atoms with Gasteiger partial charge in [-0.2, -0.15) is 22.5 Å². The molecule has 1 fully saturated rings. The first-order chi connectivity index (χ1) is 12.0. The fourth-order valence-corrected chi connectivity index (χ4v) is 4.71. The molecule has 0 atom stereocenters. The second kappa shape index (κ2) is 6.34. The molecule has 0 radical (unpaired) electrons. The second-order valence-electron chi connectivity index (χ2n) is 6.60. The number of aromatic nitrogens is 2. The number of hydrogen-bond donors (Lipinski definition) is 0. The normalized spacial score (nSPS) is 18.8. The molecule has 1 aliphatic heterocycles. The predicted octanol–water partition coefficient (Wildman–Crippen LogP) is 3.14. The van der Waals surface area contributed by atoms with Crippen LogP contribution >= 0.6 is 0 Å². The van der Waals surface area contributed by atoms with E-state index in [0.29, 0.717) is 24.6 Å². The number of rotatable bonds is 3. The van der Waals surface area contributed by atoms with Crippen molar-refractivity contribution in [1.29, 1.82) is 0 Å². The molecule has 142 valence electrons. The Bertz CT molecular complexity index is 901. The van der Waals surface area contributed by atoms with Gasteiger partial charge in [0.2, 0.25) is 15.9 Å². The molecule has 0 saturated carbocycles. The molecule has 1 saturated heterocycles. The van der Waals surface area contributed by atoms with Gasteiger partial charge in [-0.15, -0.1) is 0 Å². The number of piperidine rings is 1. The van der Waals surface area contributed by atoms with E-state index in [1.165, 1.54) is 12.1 Å². The summed E-state index contributed by atoms with van der Waals surface area (Å²) in [5.41, 5.74) is -1.63. The van der Waals surface area contributed by atoms with E-state index in [2.05, 4.69) is 10.1 Å². The first-order valence-electron chi connectivity index (χ1n) is 8.01. The third-order valence-corrected chi connectivity index (χ3v) is 6.66. The van der Waals surface area contributed by atoms with Crippen molar-refractivity contribution < 1.29 is 26.1 Å². The van der Waals surface area contributed by atoms with Crippen molar-refractivity contribution in [2.45, 2.75) is 43.2 Å². The van der Waals surface area contributed by atoms with E-state index in [1.807, 2.05) is 6.92 Å². The van der Waals surface area contributed by atoms with E-state index in [1.54, 1.807) is 6.92 Å². The molecule has 0 N–H and O–H groups in total. The maximum absolute atomic E-state index is 13.2. The molecule has 3 rings (SSSR count). The molecule has 0 aliphatic carbocycles. The molecule has 0 unspecified atom stereocenters. The number of nitrogens with zero attached hydrogens (tertiary/aromatic N) is 3. The average molecular weight is 389 g/mol. The lowest BCUT2D eigenvalue weighted by atomic mass is 9.80. The Morgan fingerprint density at radius 1 is 1.19 bits per heavy atom. The van der Waals surface area contributed by atoms with Crippen molar-refractivity contribution in [3.63, 3.8) is 0 Å².